The first-order valence-corrected chi connectivity index (χ1v) is 11.0. The Hall–Kier alpha value is -2.07. The molecule has 28 heavy (non-hydrogen) atoms. The zero-order valence-electron chi connectivity index (χ0n) is 14.7. The molecule has 1 N–H and O–H groups in total. The molecule has 0 amide bonds. The molecule has 2 unspecified atom stereocenters. The van der Waals surface area contributed by atoms with E-state index in [1.165, 1.54) is 0 Å². The number of nitrogens with zero attached hydrogens (tertiary/aromatic N) is 1. The van der Waals surface area contributed by atoms with Crippen molar-refractivity contribution in [2.24, 2.45) is 0 Å². The van der Waals surface area contributed by atoms with Crippen molar-refractivity contribution in [1.82, 2.24) is 0 Å². The van der Waals surface area contributed by atoms with Crippen LogP contribution in [0.4, 0.5) is 5.69 Å². The predicted octanol–water partition coefficient (Wildman–Crippen LogP) is 6.83. The summed E-state index contributed by atoms with van der Waals surface area (Å²) >= 11 is 7.83. The molecule has 3 rings (SSSR count). The summed E-state index contributed by atoms with van der Waals surface area (Å²) in [6.45, 7) is 0. The third-order valence-corrected chi connectivity index (χ3v) is 6.10. The number of hydrogen-bond acceptors (Lipinski definition) is 4. The third-order valence-electron chi connectivity index (χ3n) is 4.19. The van der Waals surface area contributed by atoms with Crippen molar-refractivity contribution in [2.45, 2.75) is 11.3 Å². The van der Waals surface area contributed by atoms with Crippen molar-refractivity contribution in [1.29, 1.82) is 5.26 Å². The number of rotatable bonds is 7. The fourth-order valence-electron chi connectivity index (χ4n) is 2.83. The molecule has 0 aromatic heterocycles. The smallest absolute Gasteiger partial charge is 0.179 e. The molecule has 0 bridgehead atoms. The molecule has 3 aromatic rings. The van der Waals surface area contributed by atoms with E-state index in [0.29, 0.717) is 5.56 Å². The zero-order chi connectivity index (χ0) is 19.9. The number of ketones is 1. The topological polar surface area (TPSA) is 52.9 Å². The number of thioether (sulfide) groups is 1. The maximum Gasteiger partial charge on any atom is 0.179 e. The van der Waals surface area contributed by atoms with Gasteiger partial charge in [-0.25, -0.2) is 0 Å². The van der Waals surface area contributed by atoms with Crippen LogP contribution in [-0.2, 0) is 0 Å². The van der Waals surface area contributed by atoms with E-state index in [2.05, 4.69) is 42.6 Å². The Balaban J connectivity index is 2.00. The Labute approximate surface area is 185 Å². The molecule has 0 spiro atoms. The number of halogens is 2. The quantitative estimate of drug-likeness (QED) is 0.276. The molecule has 3 nitrogen and oxygen atoms in total. The first kappa shape index (κ1) is 20.7. The number of nitrogens with one attached hydrogen (secondary N) is 1. The van der Waals surface area contributed by atoms with E-state index in [9.17, 15) is 10.1 Å². The summed E-state index contributed by atoms with van der Waals surface area (Å²) in [5, 5.41) is 14.4. The second-order valence-corrected chi connectivity index (χ2v) is 8.80. The van der Waals surface area contributed by atoms with Crippen LogP contribution in [0, 0.1) is 10.7 Å². The Morgan fingerprint density at radius 1 is 0.893 bits per heavy atom. The molecule has 0 aliphatic heterocycles. The molecular weight excluding hydrogens is 500 g/mol. The van der Waals surface area contributed by atoms with Gasteiger partial charge in [0.1, 0.15) is 10.7 Å². The highest BCUT2D eigenvalue weighted by Crippen LogP contribution is 2.33. The van der Waals surface area contributed by atoms with E-state index in [-0.39, 0.29) is 11.8 Å². The van der Waals surface area contributed by atoms with Crippen LogP contribution < -0.4 is 5.32 Å². The Bertz CT molecular complexity index is 970. The number of nitriles is 1. The highest BCUT2D eigenvalue weighted by atomic mass is 79.9. The second kappa shape index (κ2) is 9.92. The van der Waals surface area contributed by atoms with Crippen LogP contribution in [0.5, 0.6) is 0 Å². The molecule has 0 saturated carbocycles. The summed E-state index contributed by atoms with van der Waals surface area (Å²) in [7, 11) is 0. The first-order chi connectivity index (χ1) is 13.6. The second-order valence-electron chi connectivity index (χ2n) is 6.04. The van der Waals surface area contributed by atoms with Crippen LogP contribution >= 0.6 is 43.6 Å². The van der Waals surface area contributed by atoms with E-state index >= 15 is 0 Å². The Kier molecular flexibility index (Phi) is 7.32. The molecule has 3 aromatic carbocycles. The molecule has 0 heterocycles. The minimum absolute atomic E-state index is 0.0876. The lowest BCUT2D eigenvalue weighted by Crippen LogP contribution is -2.30. The van der Waals surface area contributed by atoms with Gasteiger partial charge in [0, 0.05) is 20.2 Å². The molecule has 0 fully saturated rings. The number of thiocyanates is 1. The lowest BCUT2D eigenvalue weighted by atomic mass is 9.97. The van der Waals surface area contributed by atoms with Gasteiger partial charge in [-0.05, 0) is 53.7 Å². The van der Waals surface area contributed by atoms with E-state index in [4.69, 9.17) is 0 Å². The average molecular weight is 516 g/mol. The van der Waals surface area contributed by atoms with Gasteiger partial charge in [-0.3, -0.25) is 4.79 Å². The maximum absolute atomic E-state index is 13.3. The van der Waals surface area contributed by atoms with Crippen LogP contribution in [-0.4, -0.2) is 11.0 Å². The summed E-state index contributed by atoms with van der Waals surface area (Å²) in [4.78, 5) is 13.3. The molecule has 0 saturated heterocycles. The minimum Gasteiger partial charge on any atom is -0.377 e. The van der Waals surface area contributed by atoms with Gasteiger partial charge in [-0.1, -0.05) is 74.3 Å². The highest BCUT2D eigenvalue weighted by Gasteiger charge is 2.31. The summed E-state index contributed by atoms with van der Waals surface area (Å²) in [6, 6.07) is 24.4. The molecular formula is C22H16Br2N2OS. The summed E-state index contributed by atoms with van der Waals surface area (Å²) in [5.41, 5.74) is 2.40. The van der Waals surface area contributed by atoms with Crippen LogP contribution in [0.1, 0.15) is 22.0 Å². The van der Waals surface area contributed by atoms with Gasteiger partial charge >= 0.3 is 0 Å². The zero-order valence-corrected chi connectivity index (χ0v) is 18.7. The normalized spacial score (nSPS) is 12.6. The van der Waals surface area contributed by atoms with Gasteiger partial charge in [-0.15, -0.1) is 0 Å². The fraction of sp³-hybridized carbons (Fsp3) is 0.0909. The average Bonchev–Trinajstić information content (AvgIpc) is 2.72. The standard InChI is InChI=1S/C22H16Br2N2OS/c23-17-10-6-15(7-11-17)20(26-19-4-2-1-3-5-19)22(28-14-25)21(27)16-8-12-18(24)13-9-16/h1-13,20,22,26H. The summed E-state index contributed by atoms with van der Waals surface area (Å²) in [6.07, 6.45) is 0. The van der Waals surface area contributed by atoms with E-state index in [0.717, 1.165) is 32.0 Å². The Morgan fingerprint density at radius 2 is 1.46 bits per heavy atom. The van der Waals surface area contributed by atoms with Crippen molar-refractivity contribution in [3.05, 3.63) is 98.9 Å². The largest absolute Gasteiger partial charge is 0.377 e. The van der Waals surface area contributed by atoms with Gasteiger partial charge in [0.25, 0.3) is 0 Å². The maximum atomic E-state index is 13.3. The van der Waals surface area contributed by atoms with Crippen molar-refractivity contribution in [3.63, 3.8) is 0 Å². The number of para-hydroxylation sites is 1. The first-order valence-electron chi connectivity index (χ1n) is 8.50. The molecule has 6 heteroatoms. The van der Waals surface area contributed by atoms with Crippen molar-refractivity contribution in [2.75, 3.05) is 5.32 Å². The molecule has 140 valence electrons. The Morgan fingerprint density at radius 3 is 2.04 bits per heavy atom. The number of hydrogen-bond donors (Lipinski definition) is 1. The lowest BCUT2D eigenvalue weighted by molar-refractivity contribution is 0.0983. The van der Waals surface area contributed by atoms with Crippen LogP contribution in [0.3, 0.4) is 0 Å². The van der Waals surface area contributed by atoms with Crippen LogP contribution in [0.25, 0.3) is 0 Å². The van der Waals surface area contributed by atoms with Crippen molar-refractivity contribution >= 4 is 55.1 Å². The molecule has 0 aliphatic rings. The van der Waals surface area contributed by atoms with Crippen LogP contribution in [0.15, 0.2) is 87.8 Å². The van der Waals surface area contributed by atoms with Crippen LogP contribution in [0.2, 0.25) is 0 Å². The number of Topliss-reactive ketones (excluding diaryl/α,β-unsaturated/α-hetero) is 1. The number of anilines is 1. The third kappa shape index (κ3) is 5.26. The van der Waals surface area contributed by atoms with E-state index in [1.54, 1.807) is 12.1 Å². The number of carbonyl (C=O) groups excluding carboxylic acids is 1. The summed E-state index contributed by atoms with van der Waals surface area (Å²) in [5.74, 6) is -0.0876. The fourth-order valence-corrected chi connectivity index (χ4v) is 4.07. The van der Waals surface area contributed by atoms with Crippen molar-refractivity contribution < 1.29 is 4.79 Å². The highest BCUT2D eigenvalue weighted by molar-refractivity contribution is 9.10. The van der Waals surface area contributed by atoms with Gasteiger partial charge in [0.2, 0.25) is 0 Å². The lowest BCUT2D eigenvalue weighted by Gasteiger charge is -2.26. The minimum atomic E-state index is -0.604. The molecule has 0 radical (unpaired) electrons. The van der Waals surface area contributed by atoms with Gasteiger partial charge in [0.05, 0.1) is 6.04 Å². The monoisotopic (exact) mass is 514 g/mol. The number of benzene rings is 3. The van der Waals surface area contributed by atoms with Gasteiger partial charge in [0.15, 0.2) is 5.78 Å². The predicted molar refractivity (Wildman–Crippen MR) is 122 cm³/mol. The number of carbonyl (C=O) groups is 1. The van der Waals surface area contributed by atoms with E-state index < -0.39 is 5.25 Å². The molecule has 2 atom stereocenters. The van der Waals surface area contributed by atoms with Gasteiger partial charge in [-0.2, -0.15) is 5.26 Å². The SMILES string of the molecule is N#CSC(C(=O)c1ccc(Br)cc1)C(Nc1ccccc1)c1ccc(Br)cc1. The summed E-state index contributed by atoms with van der Waals surface area (Å²) < 4.78 is 1.86. The van der Waals surface area contributed by atoms with Crippen molar-refractivity contribution in [3.8, 4) is 5.40 Å². The van der Waals surface area contributed by atoms with E-state index in [1.807, 2.05) is 66.7 Å². The molecule has 0 aliphatic carbocycles. The van der Waals surface area contributed by atoms with Gasteiger partial charge < -0.3 is 5.32 Å².